The molecular weight excluding hydrogens is 603 g/mol. The summed E-state index contributed by atoms with van der Waals surface area (Å²) in [5.41, 5.74) is 3.53. The van der Waals surface area contributed by atoms with Crippen LogP contribution in [0.5, 0.6) is 5.75 Å². The minimum atomic E-state index is -0.750. The zero-order valence-corrected chi connectivity index (χ0v) is 26.0. The van der Waals surface area contributed by atoms with Gasteiger partial charge in [-0.25, -0.2) is 0 Å². The first-order valence-electron chi connectivity index (χ1n) is 14.8. The van der Waals surface area contributed by atoms with Crippen molar-refractivity contribution in [2.75, 3.05) is 6.61 Å². The molecule has 1 fully saturated rings. The first kappa shape index (κ1) is 29.8. The second kappa shape index (κ2) is 13.6. The number of hydrogen-bond acceptors (Lipinski definition) is 8. The number of Topliss-reactive ketones (excluding diaryl/α,β-unsaturated/α-hetero) is 1. The van der Waals surface area contributed by atoms with Crippen LogP contribution in [0, 0.1) is 11.8 Å². The van der Waals surface area contributed by atoms with Crippen molar-refractivity contribution >= 4 is 29.3 Å². The molecule has 2 aliphatic rings. The Bertz CT molecular complexity index is 1680. The van der Waals surface area contributed by atoms with E-state index in [9.17, 15) is 4.79 Å². The first-order valence-corrected chi connectivity index (χ1v) is 16.5. The van der Waals surface area contributed by atoms with E-state index in [4.69, 9.17) is 19.2 Å². The van der Waals surface area contributed by atoms with Crippen LogP contribution in [-0.2, 0) is 31.7 Å². The number of carbonyl (C=O) groups is 1. The van der Waals surface area contributed by atoms with Crippen molar-refractivity contribution in [3.63, 3.8) is 0 Å². The summed E-state index contributed by atoms with van der Waals surface area (Å²) in [5, 5.41) is 0. The molecule has 3 unspecified atom stereocenters. The number of nitrogens with zero attached hydrogens (tertiary/aromatic N) is 1. The number of ketones is 1. The fourth-order valence-electron chi connectivity index (χ4n) is 5.84. The predicted molar refractivity (Wildman–Crippen MR) is 175 cm³/mol. The third-order valence-electron chi connectivity index (χ3n) is 8.02. The number of rotatable bonds is 11. The van der Waals surface area contributed by atoms with E-state index in [1.807, 2.05) is 103 Å². The molecule has 226 valence electrons. The highest BCUT2D eigenvalue weighted by Crippen LogP contribution is 2.62. The normalized spacial score (nSPS) is 19.2. The summed E-state index contributed by atoms with van der Waals surface area (Å²) < 4.78 is 12.4. The number of aromatic nitrogens is 1. The summed E-state index contributed by atoms with van der Waals surface area (Å²) in [4.78, 5) is 31.6. The predicted octanol–water partition coefficient (Wildman–Crippen LogP) is 8.33. The van der Waals surface area contributed by atoms with Gasteiger partial charge in [0.25, 0.3) is 0 Å². The third kappa shape index (κ3) is 6.43. The lowest BCUT2D eigenvalue weighted by Crippen LogP contribution is -2.42. The summed E-state index contributed by atoms with van der Waals surface area (Å²) in [6.07, 6.45) is 2.95. The van der Waals surface area contributed by atoms with Crippen molar-refractivity contribution in [2.24, 2.45) is 11.8 Å². The number of carbonyl (C=O) groups excluding carboxylic acids is 1. The highest BCUT2D eigenvalue weighted by Gasteiger charge is 2.56. The number of benzene rings is 4. The molecule has 45 heavy (non-hydrogen) atoms. The summed E-state index contributed by atoms with van der Waals surface area (Å²) in [5.74, 6) is -0.376. The molecule has 5 aromatic rings. The average molecular weight is 634 g/mol. The largest absolute Gasteiger partial charge is 0.351 e. The standard InChI is InChI=1S/C37H31NO5S2/c39-35(27-16-17-28-24-42-43-33(28)22-27)32-25-41-36(40-23-26-10-4-1-5-11-26)34(32)37(29-18-20-38-21-19-29,44-30-12-6-2-7-13-30)45-31-14-8-3-9-15-31/h1-22,32,34,36H,23-25H2. The lowest BCUT2D eigenvalue weighted by Gasteiger charge is -2.42. The second-order valence-corrected chi connectivity index (χ2v) is 13.8. The number of pyridine rings is 1. The minimum absolute atomic E-state index is 0.0233. The highest BCUT2D eigenvalue weighted by molar-refractivity contribution is 8.17. The van der Waals surface area contributed by atoms with Crippen molar-refractivity contribution in [3.05, 3.63) is 156 Å². The van der Waals surface area contributed by atoms with Gasteiger partial charge >= 0.3 is 0 Å². The van der Waals surface area contributed by atoms with E-state index in [2.05, 4.69) is 29.2 Å². The van der Waals surface area contributed by atoms with E-state index in [-0.39, 0.29) is 12.4 Å². The zero-order chi connectivity index (χ0) is 30.5. The van der Waals surface area contributed by atoms with Gasteiger partial charge in [0.1, 0.15) is 10.7 Å². The van der Waals surface area contributed by atoms with Gasteiger partial charge in [0.2, 0.25) is 0 Å². The van der Waals surface area contributed by atoms with Crippen LogP contribution < -0.4 is 4.89 Å². The molecule has 7 rings (SSSR count). The molecule has 4 aromatic carbocycles. The number of ether oxygens (including phenoxy) is 2. The molecular formula is C37H31NO5S2. The van der Waals surface area contributed by atoms with Crippen molar-refractivity contribution in [3.8, 4) is 5.75 Å². The smallest absolute Gasteiger partial charge is 0.171 e. The van der Waals surface area contributed by atoms with Crippen LogP contribution in [0.4, 0.5) is 0 Å². The summed E-state index contributed by atoms with van der Waals surface area (Å²) >= 11 is 3.44. The second-order valence-electron chi connectivity index (χ2n) is 10.9. The van der Waals surface area contributed by atoms with Gasteiger partial charge in [-0.1, -0.05) is 78.9 Å². The molecule has 0 bridgehead atoms. The average Bonchev–Trinajstić information content (AvgIpc) is 3.76. The first-order chi connectivity index (χ1) is 22.2. The molecule has 0 aliphatic carbocycles. The van der Waals surface area contributed by atoms with Crippen LogP contribution in [-0.4, -0.2) is 23.7 Å². The van der Waals surface area contributed by atoms with Gasteiger partial charge in [-0.2, -0.15) is 4.89 Å². The van der Waals surface area contributed by atoms with Crippen LogP contribution in [0.1, 0.15) is 27.0 Å². The maximum atomic E-state index is 14.6. The van der Waals surface area contributed by atoms with Crippen LogP contribution in [0.3, 0.4) is 0 Å². The maximum absolute atomic E-state index is 14.6. The quantitative estimate of drug-likeness (QED) is 0.0623. The molecule has 2 aliphatic heterocycles. The Labute approximate surface area is 271 Å². The topological polar surface area (TPSA) is 66.9 Å². The van der Waals surface area contributed by atoms with Crippen molar-refractivity contribution in [2.45, 2.75) is 33.4 Å². The zero-order valence-electron chi connectivity index (χ0n) is 24.4. The summed E-state index contributed by atoms with van der Waals surface area (Å²) in [6.45, 7) is 0.932. The van der Waals surface area contributed by atoms with Crippen molar-refractivity contribution < 1.29 is 24.0 Å². The lowest BCUT2D eigenvalue weighted by atomic mass is 9.82. The molecule has 3 heterocycles. The Kier molecular flexibility index (Phi) is 9.00. The Morgan fingerprint density at radius 1 is 0.822 bits per heavy atom. The number of fused-ring (bicyclic) bond motifs is 1. The van der Waals surface area contributed by atoms with E-state index in [0.29, 0.717) is 24.5 Å². The molecule has 0 amide bonds. The van der Waals surface area contributed by atoms with Gasteiger partial charge < -0.3 is 14.4 Å². The Morgan fingerprint density at radius 2 is 1.47 bits per heavy atom. The van der Waals surface area contributed by atoms with E-state index < -0.39 is 22.2 Å². The van der Waals surface area contributed by atoms with E-state index in [1.54, 1.807) is 29.6 Å². The molecule has 0 saturated carbocycles. The summed E-state index contributed by atoms with van der Waals surface area (Å²) in [6, 6.07) is 40.3. The Morgan fingerprint density at radius 3 is 2.13 bits per heavy atom. The third-order valence-corrected chi connectivity index (χ3v) is 11.2. The van der Waals surface area contributed by atoms with Crippen LogP contribution in [0.2, 0.25) is 0 Å². The van der Waals surface area contributed by atoms with Crippen LogP contribution in [0.15, 0.2) is 144 Å². The molecule has 0 spiro atoms. The molecule has 1 aromatic heterocycles. The monoisotopic (exact) mass is 633 g/mol. The highest BCUT2D eigenvalue weighted by atomic mass is 32.2. The van der Waals surface area contributed by atoms with E-state index in [0.717, 1.165) is 26.5 Å². The molecule has 1 saturated heterocycles. The van der Waals surface area contributed by atoms with Gasteiger partial charge in [-0.05, 0) is 53.6 Å². The van der Waals surface area contributed by atoms with Crippen molar-refractivity contribution in [1.29, 1.82) is 0 Å². The van der Waals surface area contributed by atoms with Crippen LogP contribution >= 0.6 is 23.5 Å². The van der Waals surface area contributed by atoms with Gasteiger partial charge in [-0.3, -0.25) is 9.78 Å². The van der Waals surface area contributed by atoms with Gasteiger partial charge in [0.05, 0.1) is 25.0 Å². The molecule has 8 heteroatoms. The lowest BCUT2D eigenvalue weighted by molar-refractivity contribution is -0.194. The minimum Gasteiger partial charge on any atom is -0.351 e. The number of hydrogen-bond donors (Lipinski definition) is 0. The maximum Gasteiger partial charge on any atom is 0.171 e. The Balaban J connectivity index is 1.37. The van der Waals surface area contributed by atoms with Crippen LogP contribution in [0.25, 0.3) is 0 Å². The van der Waals surface area contributed by atoms with Gasteiger partial charge in [0, 0.05) is 33.3 Å². The molecule has 0 N–H and O–H groups in total. The van der Waals surface area contributed by atoms with Crippen molar-refractivity contribution in [1.82, 2.24) is 4.98 Å². The molecule has 6 nitrogen and oxygen atoms in total. The summed E-state index contributed by atoms with van der Waals surface area (Å²) in [7, 11) is 0. The molecule has 0 radical (unpaired) electrons. The fraction of sp³-hybridized carbons (Fsp3) is 0.189. The Hall–Kier alpha value is -3.92. The number of thioether (sulfide) groups is 2. The molecule has 3 atom stereocenters. The van der Waals surface area contributed by atoms with Gasteiger partial charge in [0.15, 0.2) is 17.8 Å². The van der Waals surface area contributed by atoms with E-state index >= 15 is 0 Å². The van der Waals surface area contributed by atoms with Gasteiger partial charge in [-0.15, -0.1) is 23.5 Å². The SMILES string of the molecule is O=C(c1ccc2c(c1)OOC2)C1COC(OCc2ccccc2)C1C(Sc1ccccc1)(Sc1ccccc1)c1ccncc1. The fourth-order valence-corrected chi connectivity index (χ4v) is 9.20. The van der Waals surface area contributed by atoms with E-state index in [1.165, 1.54) is 0 Å².